The van der Waals surface area contributed by atoms with E-state index in [2.05, 4.69) is 5.32 Å². The van der Waals surface area contributed by atoms with Gasteiger partial charge in [-0.2, -0.15) is 0 Å². The molecule has 2 rings (SSSR count). The van der Waals surface area contributed by atoms with Gasteiger partial charge in [-0.25, -0.2) is 13.6 Å². The highest BCUT2D eigenvalue weighted by Gasteiger charge is 2.07. The number of benzene rings is 2. The maximum Gasteiger partial charge on any atom is 0.238 e. The van der Waals surface area contributed by atoms with Crippen molar-refractivity contribution >= 4 is 27.5 Å². The first-order valence-corrected chi connectivity index (χ1v) is 10.5. The van der Waals surface area contributed by atoms with Crippen molar-refractivity contribution in [2.45, 2.75) is 31.1 Å². The molecule has 0 saturated carbocycles. The first-order valence-electron chi connectivity index (χ1n) is 8.53. The van der Waals surface area contributed by atoms with Crippen LogP contribution in [-0.2, 0) is 21.2 Å². The van der Waals surface area contributed by atoms with E-state index < -0.39 is 10.0 Å². The zero-order valence-corrected chi connectivity index (χ0v) is 16.6. The molecule has 6 nitrogen and oxygen atoms in total. The van der Waals surface area contributed by atoms with Gasteiger partial charge in [0.2, 0.25) is 15.9 Å². The van der Waals surface area contributed by atoms with E-state index >= 15 is 0 Å². The Morgan fingerprint density at radius 2 is 1.89 bits per heavy atom. The lowest BCUT2D eigenvalue weighted by Gasteiger charge is -2.08. The summed E-state index contributed by atoms with van der Waals surface area (Å²) in [6, 6.07) is 11.8. The fourth-order valence-electron chi connectivity index (χ4n) is 2.41. The van der Waals surface area contributed by atoms with Crippen LogP contribution in [0, 0.1) is 6.92 Å². The number of carbonyl (C=O) groups is 1. The number of nitrogens with two attached hydrogens (primary N) is 1. The monoisotopic (exact) mass is 410 g/mol. The van der Waals surface area contributed by atoms with Crippen LogP contribution < -0.4 is 15.2 Å². The van der Waals surface area contributed by atoms with E-state index in [1.807, 2.05) is 13.0 Å². The van der Waals surface area contributed by atoms with Crippen molar-refractivity contribution < 1.29 is 17.9 Å². The molecule has 2 aromatic rings. The van der Waals surface area contributed by atoms with Crippen LogP contribution in [0.3, 0.4) is 0 Å². The summed E-state index contributed by atoms with van der Waals surface area (Å²) in [6.45, 7) is 2.83. The number of amides is 1. The second kappa shape index (κ2) is 9.73. The molecule has 0 heterocycles. The second-order valence-corrected chi connectivity index (χ2v) is 8.12. The maximum atomic E-state index is 11.8. The molecule has 0 unspecified atom stereocenters. The van der Waals surface area contributed by atoms with Crippen molar-refractivity contribution in [3.8, 4) is 5.75 Å². The summed E-state index contributed by atoms with van der Waals surface area (Å²) in [4.78, 5) is 11.9. The molecule has 2 aromatic carbocycles. The third kappa shape index (κ3) is 7.21. The van der Waals surface area contributed by atoms with Crippen LogP contribution in [0.2, 0.25) is 5.02 Å². The van der Waals surface area contributed by atoms with Gasteiger partial charge < -0.3 is 10.1 Å². The van der Waals surface area contributed by atoms with Crippen LogP contribution in [0.5, 0.6) is 5.75 Å². The molecule has 27 heavy (non-hydrogen) atoms. The van der Waals surface area contributed by atoms with E-state index in [4.69, 9.17) is 21.5 Å². The molecule has 0 spiro atoms. The molecule has 146 valence electrons. The smallest absolute Gasteiger partial charge is 0.238 e. The van der Waals surface area contributed by atoms with Crippen molar-refractivity contribution in [1.29, 1.82) is 0 Å². The molecule has 0 aliphatic carbocycles. The molecule has 0 aliphatic heterocycles. The van der Waals surface area contributed by atoms with Gasteiger partial charge in [0, 0.05) is 18.0 Å². The summed E-state index contributed by atoms with van der Waals surface area (Å²) in [7, 11) is -3.68. The molecular weight excluding hydrogens is 388 g/mol. The predicted octanol–water partition coefficient (Wildman–Crippen LogP) is 2.81. The summed E-state index contributed by atoms with van der Waals surface area (Å²) < 4.78 is 28.0. The van der Waals surface area contributed by atoms with Gasteiger partial charge in [0.25, 0.3) is 0 Å². The minimum Gasteiger partial charge on any atom is -0.494 e. The number of carbonyl (C=O) groups excluding carboxylic acids is 1. The zero-order valence-electron chi connectivity index (χ0n) is 15.1. The summed E-state index contributed by atoms with van der Waals surface area (Å²) in [5.41, 5.74) is 1.87. The van der Waals surface area contributed by atoms with Crippen molar-refractivity contribution in [3.63, 3.8) is 0 Å². The van der Waals surface area contributed by atoms with E-state index in [1.165, 1.54) is 12.1 Å². The highest BCUT2D eigenvalue weighted by atomic mass is 35.5. The topological polar surface area (TPSA) is 98.5 Å². The number of hydrogen-bond donors (Lipinski definition) is 2. The normalized spacial score (nSPS) is 11.2. The van der Waals surface area contributed by atoms with E-state index in [0.29, 0.717) is 37.4 Å². The quantitative estimate of drug-likeness (QED) is 0.621. The molecule has 1 amide bonds. The standard InChI is InChI=1S/C19H23ClN2O4S/c1-14-13-16(6-9-18(14)20)26-12-2-3-19(23)22-11-10-15-4-7-17(8-5-15)27(21,24)25/h4-9,13H,2-3,10-12H2,1H3,(H,22,23)(H2,21,24,25). The Hall–Kier alpha value is -2.09. The van der Waals surface area contributed by atoms with Gasteiger partial charge >= 0.3 is 0 Å². The fraction of sp³-hybridized carbons (Fsp3) is 0.316. The van der Waals surface area contributed by atoms with Crippen molar-refractivity contribution in [2.75, 3.05) is 13.2 Å². The van der Waals surface area contributed by atoms with E-state index in [-0.39, 0.29) is 10.8 Å². The average Bonchev–Trinajstić information content (AvgIpc) is 2.61. The maximum absolute atomic E-state index is 11.8. The zero-order chi connectivity index (χ0) is 19.9. The van der Waals surface area contributed by atoms with E-state index in [9.17, 15) is 13.2 Å². The third-order valence-corrected chi connectivity index (χ3v) is 5.29. The van der Waals surface area contributed by atoms with Crippen LogP contribution in [0.25, 0.3) is 0 Å². The fourth-order valence-corrected chi connectivity index (χ4v) is 3.04. The van der Waals surface area contributed by atoms with Gasteiger partial charge in [-0.1, -0.05) is 23.7 Å². The first-order chi connectivity index (χ1) is 12.8. The van der Waals surface area contributed by atoms with Gasteiger partial charge in [-0.05, 0) is 61.2 Å². The Kier molecular flexibility index (Phi) is 7.65. The minimum atomic E-state index is -3.68. The Balaban J connectivity index is 1.64. The van der Waals surface area contributed by atoms with Gasteiger partial charge in [-0.3, -0.25) is 4.79 Å². The average molecular weight is 411 g/mol. The van der Waals surface area contributed by atoms with Crippen LogP contribution in [0.4, 0.5) is 0 Å². The highest BCUT2D eigenvalue weighted by molar-refractivity contribution is 7.89. The van der Waals surface area contributed by atoms with Crippen LogP contribution in [-0.4, -0.2) is 27.5 Å². The highest BCUT2D eigenvalue weighted by Crippen LogP contribution is 2.21. The largest absolute Gasteiger partial charge is 0.494 e. The molecule has 0 bridgehead atoms. The number of rotatable bonds is 9. The predicted molar refractivity (Wildman–Crippen MR) is 105 cm³/mol. The first kappa shape index (κ1) is 21.2. The molecular formula is C19H23ClN2O4S. The van der Waals surface area contributed by atoms with Gasteiger partial charge in [-0.15, -0.1) is 0 Å². The molecule has 0 saturated heterocycles. The molecule has 0 radical (unpaired) electrons. The summed E-state index contributed by atoms with van der Waals surface area (Å²) in [5.74, 6) is 0.687. The van der Waals surface area contributed by atoms with Crippen molar-refractivity contribution in [3.05, 3.63) is 58.6 Å². The van der Waals surface area contributed by atoms with E-state index in [0.717, 1.165) is 16.9 Å². The molecule has 0 fully saturated rings. The lowest BCUT2D eigenvalue weighted by Crippen LogP contribution is -2.25. The Bertz CT molecular complexity index is 883. The summed E-state index contributed by atoms with van der Waals surface area (Å²) in [5, 5.41) is 8.59. The number of nitrogens with one attached hydrogen (secondary N) is 1. The number of sulfonamides is 1. The minimum absolute atomic E-state index is 0.0490. The van der Waals surface area contributed by atoms with Gasteiger partial charge in [0.1, 0.15) is 5.75 Å². The van der Waals surface area contributed by atoms with Crippen LogP contribution in [0.15, 0.2) is 47.4 Å². The Morgan fingerprint density at radius 3 is 2.52 bits per heavy atom. The lowest BCUT2D eigenvalue weighted by atomic mass is 10.1. The van der Waals surface area contributed by atoms with Crippen molar-refractivity contribution in [1.82, 2.24) is 5.32 Å². The number of halogens is 1. The number of aryl methyl sites for hydroxylation is 1. The SMILES string of the molecule is Cc1cc(OCCCC(=O)NCCc2ccc(S(N)(=O)=O)cc2)ccc1Cl. The van der Waals surface area contributed by atoms with Crippen LogP contribution in [0.1, 0.15) is 24.0 Å². The molecule has 8 heteroatoms. The number of ether oxygens (including phenoxy) is 1. The van der Waals surface area contributed by atoms with Crippen LogP contribution >= 0.6 is 11.6 Å². The number of primary sulfonamides is 1. The third-order valence-electron chi connectivity index (χ3n) is 3.93. The van der Waals surface area contributed by atoms with Crippen molar-refractivity contribution in [2.24, 2.45) is 5.14 Å². The molecule has 3 N–H and O–H groups in total. The summed E-state index contributed by atoms with van der Waals surface area (Å²) in [6.07, 6.45) is 1.59. The molecule has 0 atom stereocenters. The summed E-state index contributed by atoms with van der Waals surface area (Å²) >= 11 is 5.96. The Morgan fingerprint density at radius 1 is 1.19 bits per heavy atom. The van der Waals surface area contributed by atoms with Gasteiger partial charge in [0.15, 0.2) is 0 Å². The lowest BCUT2D eigenvalue weighted by molar-refractivity contribution is -0.121. The Labute approximate surface area is 164 Å². The van der Waals surface area contributed by atoms with Gasteiger partial charge in [0.05, 0.1) is 11.5 Å². The van der Waals surface area contributed by atoms with E-state index in [1.54, 1.807) is 24.3 Å². The second-order valence-electron chi connectivity index (χ2n) is 6.15. The number of hydrogen-bond acceptors (Lipinski definition) is 4. The molecule has 0 aromatic heterocycles. The molecule has 0 aliphatic rings.